The first kappa shape index (κ1) is 14.2. The normalized spacial score (nSPS) is 21.0. The predicted molar refractivity (Wildman–Crippen MR) is 60.5 cm³/mol. The van der Waals surface area contributed by atoms with Crippen molar-refractivity contribution < 1.29 is 23.9 Å². The molecule has 1 fully saturated rings. The molecule has 0 aromatic rings. The van der Waals surface area contributed by atoms with Crippen LogP contribution in [0.25, 0.3) is 0 Å². The molecule has 0 radical (unpaired) electrons. The van der Waals surface area contributed by atoms with E-state index >= 15 is 0 Å². The standard InChI is InChI=1S/C10H17N3O5/c1-6(12-10(11)16)8(14)13-3-4-18-5-7(13)9(15)17-2/h6-7H,3-5H2,1-2H3,(H3,11,12,16). The number of esters is 1. The van der Waals surface area contributed by atoms with E-state index in [0.717, 1.165) is 0 Å². The molecule has 18 heavy (non-hydrogen) atoms. The quantitative estimate of drug-likeness (QED) is 0.596. The van der Waals surface area contributed by atoms with Gasteiger partial charge in [-0.2, -0.15) is 0 Å². The molecule has 8 nitrogen and oxygen atoms in total. The van der Waals surface area contributed by atoms with Crippen LogP contribution in [0.3, 0.4) is 0 Å². The number of methoxy groups -OCH3 is 1. The van der Waals surface area contributed by atoms with Crippen molar-refractivity contribution in [1.82, 2.24) is 10.2 Å². The zero-order valence-electron chi connectivity index (χ0n) is 10.3. The number of nitrogens with zero attached hydrogens (tertiary/aromatic N) is 1. The summed E-state index contributed by atoms with van der Waals surface area (Å²) < 4.78 is 9.75. The second-order valence-corrected chi connectivity index (χ2v) is 3.88. The molecule has 3 N–H and O–H groups in total. The largest absolute Gasteiger partial charge is 0.467 e. The predicted octanol–water partition coefficient (Wildman–Crippen LogP) is -1.56. The molecule has 0 saturated carbocycles. The van der Waals surface area contributed by atoms with E-state index < -0.39 is 30.0 Å². The van der Waals surface area contributed by atoms with E-state index in [1.165, 1.54) is 18.9 Å². The van der Waals surface area contributed by atoms with E-state index in [1.807, 2.05) is 0 Å². The van der Waals surface area contributed by atoms with Crippen molar-refractivity contribution in [2.75, 3.05) is 26.9 Å². The van der Waals surface area contributed by atoms with E-state index in [1.54, 1.807) is 0 Å². The Bertz CT molecular complexity index is 346. The summed E-state index contributed by atoms with van der Waals surface area (Å²) in [5, 5.41) is 2.27. The maximum atomic E-state index is 12.1. The fraction of sp³-hybridized carbons (Fsp3) is 0.700. The number of rotatable bonds is 3. The number of carbonyl (C=O) groups excluding carboxylic acids is 3. The Kier molecular flexibility index (Phi) is 4.90. The molecule has 3 amide bonds. The Morgan fingerprint density at radius 3 is 2.72 bits per heavy atom. The van der Waals surface area contributed by atoms with Crippen molar-refractivity contribution in [3.63, 3.8) is 0 Å². The van der Waals surface area contributed by atoms with Gasteiger partial charge in [-0.3, -0.25) is 4.79 Å². The number of hydrogen-bond donors (Lipinski definition) is 2. The summed E-state index contributed by atoms with van der Waals surface area (Å²) in [6.45, 7) is 2.19. The molecule has 1 rings (SSSR count). The molecule has 0 spiro atoms. The summed E-state index contributed by atoms with van der Waals surface area (Å²) in [6.07, 6.45) is 0. The van der Waals surface area contributed by atoms with Crippen LogP contribution in [0.4, 0.5) is 4.79 Å². The first-order valence-corrected chi connectivity index (χ1v) is 5.49. The molecule has 102 valence electrons. The van der Waals surface area contributed by atoms with Gasteiger partial charge in [0.1, 0.15) is 6.04 Å². The average Bonchev–Trinajstić information content (AvgIpc) is 2.36. The number of hydrogen-bond acceptors (Lipinski definition) is 5. The Morgan fingerprint density at radius 1 is 1.50 bits per heavy atom. The van der Waals surface area contributed by atoms with Crippen LogP contribution in [-0.4, -0.2) is 61.8 Å². The van der Waals surface area contributed by atoms with E-state index in [2.05, 4.69) is 10.1 Å². The molecular formula is C10H17N3O5. The SMILES string of the molecule is COC(=O)C1COCCN1C(=O)C(C)NC(N)=O. The third-order valence-corrected chi connectivity index (χ3v) is 2.61. The van der Waals surface area contributed by atoms with Gasteiger partial charge in [0.25, 0.3) is 0 Å². The minimum Gasteiger partial charge on any atom is -0.467 e. The fourth-order valence-electron chi connectivity index (χ4n) is 1.72. The molecule has 2 unspecified atom stereocenters. The van der Waals surface area contributed by atoms with Crippen LogP contribution >= 0.6 is 0 Å². The average molecular weight is 259 g/mol. The lowest BCUT2D eigenvalue weighted by Gasteiger charge is -2.35. The van der Waals surface area contributed by atoms with Crippen molar-refractivity contribution in [2.24, 2.45) is 5.73 Å². The molecule has 0 aliphatic carbocycles. The molecule has 1 aliphatic heterocycles. The van der Waals surface area contributed by atoms with Crippen molar-refractivity contribution in [2.45, 2.75) is 19.0 Å². The zero-order chi connectivity index (χ0) is 13.7. The maximum Gasteiger partial charge on any atom is 0.331 e. The Morgan fingerprint density at radius 2 is 2.17 bits per heavy atom. The zero-order valence-corrected chi connectivity index (χ0v) is 10.3. The summed E-state index contributed by atoms with van der Waals surface area (Å²) in [7, 11) is 1.24. The van der Waals surface area contributed by atoms with Crippen molar-refractivity contribution in [3.05, 3.63) is 0 Å². The second kappa shape index (κ2) is 6.20. The van der Waals surface area contributed by atoms with Crippen LogP contribution in [0.5, 0.6) is 0 Å². The van der Waals surface area contributed by atoms with Gasteiger partial charge in [0.15, 0.2) is 6.04 Å². The molecular weight excluding hydrogens is 242 g/mol. The molecule has 0 aromatic heterocycles. The maximum absolute atomic E-state index is 12.1. The summed E-state index contributed by atoms with van der Waals surface area (Å²) in [5.74, 6) is -0.943. The van der Waals surface area contributed by atoms with Gasteiger partial charge in [-0.15, -0.1) is 0 Å². The van der Waals surface area contributed by atoms with Crippen LogP contribution in [0.2, 0.25) is 0 Å². The number of nitrogens with two attached hydrogens (primary N) is 1. The van der Waals surface area contributed by atoms with Crippen molar-refractivity contribution >= 4 is 17.9 Å². The Hall–Kier alpha value is -1.83. The lowest BCUT2D eigenvalue weighted by molar-refractivity contribution is -0.161. The smallest absolute Gasteiger partial charge is 0.331 e. The second-order valence-electron chi connectivity index (χ2n) is 3.88. The van der Waals surface area contributed by atoms with Crippen molar-refractivity contribution in [3.8, 4) is 0 Å². The highest BCUT2D eigenvalue weighted by molar-refractivity contribution is 5.90. The number of ether oxygens (including phenoxy) is 2. The van der Waals surface area contributed by atoms with Gasteiger partial charge in [-0.25, -0.2) is 9.59 Å². The summed E-state index contributed by atoms with van der Waals surface area (Å²) in [6, 6.07) is -2.38. The van der Waals surface area contributed by atoms with Crippen LogP contribution in [-0.2, 0) is 19.1 Å². The van der Waals surface area contributed by atoms with E-state index in [9.17, 15) is 14.4 Å². The van der Waals surface area contributed by atoms with Gasteiger partial charge in [-0.05, 0) is 6.92 Å². The summed E-state index contributed by atoms with van der Waals surface area (Å²) in [5.41, 5.74) is 4.94. The first-order valence-electron chi connectivity index (χ1n) is 5.49. The molecule has 0 aromatic carbocycles. The lowest BCUT2D eigenvalue weighted by atomic mass is 10.2. The highest BCUT2D eigenvalue weighted by Gasteiger charge is 2.35. The number of nitrogens with one attached hydrogen (secondary N) is 1. The topological polar surface area (TPSA) is 111 Å². The monoisotopic (exact) mass is 259 g/mol. The van der Waals surface area contributed by atoms with Crippen LogP contribution in [0.1, 0.15) is 6.92 Å². The molecule has 1 heterocycles. The third-order valence-electron chi connectivity index (χ3n) is 2.61. The number of primary amides is 1. The Labute approximate surface area is 104 Å². The van der Waals surface area contributed by atoms with E-state index in [4.69, 9.17) is 10.5 Å². The summed E-state index contributed by atoms with van der Waals surface area (Å²) in [4.78, 5) is 35.6. The number of urea groups is 1. The summed E-state index contributed by atoms with van der Waals surface area (Å²) >= 11 is 0. The highest BCUT2D eigenvalue weighted by Crippen LogP contribution is 2.10. The van der Waals surface area contributed by atoms with Crippen LogP contribution in [0.15, 0.2) is 0 Å². The number of carbonyl (C=O) groups is 3. The van der Waals surface area contributed by atoms with E-state index in [-0.39, 0.29) is 13.2 Å². The van der Waals surface area contributed by atoms with Gasteiger partial charge in [0, 0.05) is 6.54 Å². The van der Waals surface area contributed by atoms with Gasteiger partial charge in [0.2, 0.25) is 5.91 Å². The van der Waals surface area contributed by atoms with E-state index in [0.29, 0.717) is 6.61 Å². The molecule has 2 atom stereocenters. The minimum atomic E-state index is -0.798. The van der Waals surface area contributed by atoms with Gasteiger partial charge >= 0.3 is 12.0 Å². The highest BCUT2D eigenvalue weighted by atomic mass is 16.5. The van der Waals surface area contributed by atoms with Crippen molar-refractivity contribution in [1.29, 1.82) is 0 Å². The first-order chi connectivity index (χ1) is 8.47. The Balaban J connectivity index is 2.73. The van der Waals surface area contributed by atoms with Gasteiger partial charge in [0.05, 0.1) is 20.3 Å². The molecule has 1 aliphatic rings. The van der Waals surface area contributed by atoms with Gasteiger partial charge < -0.3 is 25.4 Å². The fourth-order valence-corrected chi connectivity index (χ4v) is 1.72. The minimum absolute atomic E-state index is 0.0850. The lowest BCUT2D eigenvalue weighted by Crippen LogP contribution is -2.58. The van der Waals surface area contributed by atoms with Crippen LogP contribution in [0, 0.1) is 0 Å². The molecule has 8 heteroatoms. The number of morpholine rings is 1. The van der Waals surface area contributed by atoms with Gasteiger partial charge in [-0.1, -0.05) is 0 Å². The molecule has 0 bridgehead atoms. The molecule has 1 saturated heterocycles. The third kappa shape index (κ3) is 3.33. The van der Waals surface area contributed by atoms with Crippen LogP contribution < -0.4 is 11.1 Å². The number of amides is 3.